The number of aliphatic imine (C=N–C) groups is 1. The lowest BCUT2D eigenvalue weighted by atomic mass is 10.0. The van der Waals surface area contributed by atoms with E-state index in [4.69, 9.17) is 0 Å². The van der Waals surface area contributed by atoms with Crippen molar-refractivity contribution in [2.75, 3.05) is 47.3 Å². The summed E-state index contributed by atoms with van der Waals surface area (Å²) in [5.74, 6) is 0.633. The lowest BCUT2D eigenvalue weighted by Gasteiger charge is -2.33. The first-order chi connectivity index (χ1) is 10.0. The first-order valence-corrected chi connectivity index (χ1v) is 7.47. The van der Waals surface area contributed by atoms with Gasteiger partial charge in [0, 0.05) is 38.3 Å². The molecule has 1 fully saturated rings. The quantitative estimate of drug-likeness (QED) is 0.380. The van der Waals surface area contributed by atoms with Gasteiger partial charge in [0.1, 0.15) is 0 Å². The molecule has 2 N–H and O–H groups in total. The van der Waals surface area contributed by atoms with Gasteiger partial charge in [0.15, 0.2) is 5.96 Å². The Kier molecular flexibility index (Phi) is 9.14. The van der Waals surface area contributed by atoms with E-state index in [1.807, 2.05) is 14.1 Å². The minimum Gasteiger partial charge on any atom is -0.355 e. The van der Waals surface area contributed by atoms with E-state index in [1.54, 1.807) is 7.05 Å². The van der Waals surface area contributed by atoms with Gasteiger partial charge in [0.05, 0.1) is 6.54 Å². The minimum absolute atomic E-state index is 0. The average molecular weight is 451 g/mol. The van der Waals surface area contributed by atoms with Crippen LogP contribution in [0, 0.1) is 0 Å². The zero-order valence-corrected chi connectivity index (χ0v) is 16.8. The van der Waals surface area contributed by atoms with Crippen LogP contribution in [0.5, 0.6) is 0 Å². The molecule has 0 radical (unpaired) electrons. The smallest absolute Gasteiger partial charge is 0.355 e. The van der Waals surface area contributed by atoms with E-state index in [-0.39, 0.29) is 35.6 Å². The predicted octanol–water partition coefficient (Wildman–Crippen LogP) is 1.75. The third-order valence-electron chi connectivity index (χ3n) is 4.14. The van der Waals surface area contributed by atoms with Crippen LogP contribution in [0.15, 0.2) is 4.99 Å². The standard InChI is InChI=1S/C14H28F3N5.HI/c1-13(2,21(4)5)9-19-12(18-3)20-11-6-7-22(8-11)10-14(15,16)17;/h11H,6-10H2,1-5H3,(H2,18,19,20);1H. The van der Waals surface area contributed by atoms with Crippen LogP contribution in [0.25, 0.3) is 0 Å². The minimum atomic E-state index is -4.13. The largest absolute Gasteiger partial charge is 0.401 e. The second kappa shape index (κ2) is 9.26. The van der Waals surface area contributed by atoms with Gasteiger partial charge in [-0.15, -0.1) is 24.0 Å². The Hall–Kier alpha value is -0.290. The molecule has 5 nitrogen and oxygen atoms in total. The van der Waals surface area contributed by atoms with E-state index in [9.17, 15) is 13.2 Å². The molecule has 9 heteroatoms. The van der Waals surface area contributed by atoms with Crippen LogP contribution in [0.4, 0.5) is 13.2 Å². The number of hydrogen-bond acceptors (Lipinski definition) is 3. The Bertz CT molecular complexity index is 385. The molecule has 0 aromatic carbocycles. The van der Waals surface area contributed by atoms with Gasteiger partial charge in [-0.25, -0.2) is 0 Å². The molecule has 1 aliphatic heterocycles. The summed E-state index contributed by atoms with van der Waals surface area (Å²) in [7, 11) is 5.67. The molecule has 1 atom stereocenters. The van der Waals surface area contributed by atoms with Crippen molar-refractivity contribution in [2.45, 2.75) is 38.0 Å². The number of hydrogen-bond donors (Lipinski definition) is 2. The van der Waals surface area contributed by atoms with Crippen LogP contribution < -0.4 is 10.6 Å². The summed E-state index contributed by atoms with van der Waals surface area (Å²) in [6.45, 7) is 4.90. The van der Waals surface area contributed by atoms with Gasteiger partial charge in [-0.3, -0.25) is 9.89 Å². The van der Waals surface area contributed by atoms with Crippen LogP contribution in [-0.4, -0.2) is 80.8 Å². The van der Waals surface area contributed by atoms with Gasteiger partial charge < -0.3 is 15.5 Å². The number of likely N-dealkylation sites (tertiary alicyclic amines) is 1. The molecular formula is C14H29F3IN5. The van der Waals surface area contributed by atoms with Gasteiger partial charge in [-0.05, 0) is 34.4 Å². The molecule has 23 heavy (non-hydrogen) atoms. The van der Waals surface area contributed by atoms with E-state index in [0.29, 0.717) is 32.0 Å². The molecule has 1 aliphatic rings. The first-order valence-electron chi connectivity index (χ1n) is 7.47. The Labute approximate surface area is 154 Å². The molecule has 138 valence electrons. The third-order valence-corrected chi connectivity index (χ3v) is 4.14. The van der Waals surface area contributed by atoms with Crippen LogP contribution >= 0.6 is 24.0 Å². The second-order valence-electron chi connectivity index (χ2n) is 6.61. The summed E-state index contributed by atoms with van der Waals surface area (Å²) in [6, 6.07) is -0.00369. The number of halogens is 4. The van der Waals surface area contributed by atoms with Gasteiger partial charge in [-0.2, -0.15) is 13.2 Å². The van der Waals surface area contributed by atoms with Crippen LogP contribution in [0.3, 0.4) is 0 Å². The highest BCUT2D eigenvalue weighted by Crippen LogP contribution is 2.19. The number of nitrogens with zero attached hydrogens (tertiary/aromatic N) is 3. The predicted molar refractivity (Wildman–Crippen MR) is 98.6 cm³/mol. The molecule has 1 rings (SSSR count). The monoisotopic (exact) mass is 451 g/mol. The fourth-order valence-corrected chi connectivity index (χ4v) is 2.19. The Balaban J connectivity index is 0.00000484. The van der Waals surface area contributed by atoms with Crippen molar-refractivity contribution in [3.63, 3.8) is 0 Å². The first kappa shape index (κ1) is 22.7. The highest BCUT2D eigenvalue weighted by atomic mass is 127. The number of likely N-dealkylation sites (N-methyl/N-ethyl adjacent to an activating group) is 1. The molecule has 1 saturated heterocycles. The van der Waals surface area contributed by atoms with Crippen LogP contribution in [-0.2, 0) is 0 Å². The molecule has 1 unspecified atom stereocenters. The molecule has 0 spiro atoms. The van der Waals surface area contributed by atoms with E-state index in [1.165, 1.54) is 4.90 Å². The van der Waals surface area contributed by atoms with Gasteiger partial charge in [0.25, 0.3) is 0 Å². The summed E-state index contributed by atoms with van der Waals surface area (Å²) < 4.78 is 37.2. The third kappa shape index (κ3) is 8.39. The summed E-state index contributed by atoms with van der Waals surface area (Å²) in [5.41, 5.74) is -0.0460. The van der Waals surface area contributed by atoms with Crippen molar-refractivity contribution >= 4 is 29.9 Å². The maximum absolute atomic E-state index is 12.4. The summed E-state index contributed by atoms with van der Waals surface area (Å²) in [4.78, 5) is 7.68. The van der Waals surface area contributed by atoms with E-state index in [2.05, 4.69) is 34.4 Å². The van der Waals surface area contributed by atoms with Crippen molar-refractivity contribution in [1.82, 2.24) is 20.4 Å². The second-order valence-corrected chi connectivity index (χ2v) is 6.61. The van der Waals surface area contributed by atoms with E-state index >= 15 is 0 Å². The van der Waals surface area contributed by atoms with Crippen molar-refractivity contribution < 1.29 is 13.2 Å². The molecular weight excluding hydrogens is 422 g/mol. The molecule has 0 aromatic heterocycles. The SMILES string of the molecule is CN=C(NCC(C)(C)N(C)C)NC1CCN(CC(F)(F)F)C1.I. The van der Waals surface area contributed by atoms with Crippen LogP contribution in [0.2, 0.25) is 0 Å². The summed E-state index contributed by atoms with van der Waals surface area (Å²) in [5, 5.41) is 6.44. The molecule has 0 bridgehead atoms. The summed E-state index contributed by atoms with van der Waals surface area (Å²) >= 11 is 0. The normalized spacial score (nSPS) is 20.6. The lowest BCUT2D eigenvalue weighted by Crippen LogP contribution is -2.52. The van der Waals surface area contributed by atoms with Crippen molar-refractivity contribution in [1.29, 1.82) is 0 Å². The molecule has 1 heterocycles. The number of rotatable bonds is 5. The number of alkyl halides is 3. The van der Waals surface area contributed by atoms with Crippen molar-refractivity contribution in [3.05, 3.63) is 0 Å². The number of nitrogens with one attached hydrogen (secondary N) is 2. The van der Waals surface area contributed by atoms with Crippen molar-refractivity contribution in [2.24, 2.45) is 4.99 Å². The maximum Gasteiger partial charge on any atom is 0.401 e. The average Bonchev–Trinajstić information content (AvgIpc) is 2.79. The number of guanidine groups is 1. The Morgan fingerprint density at radius 3 is 2.39 bits per heavy atom. The maximum atomic E-state index is 12.4. The molecule has 0 aliphatic carbocycles. The topological polar surface area (TPSA) is 42.9 Å². The highest BCUT2D eigenvalue weighted by molar-refractivity contribution is 14.0. The summed E-state index contributed by atoms with van der Waals surface area (Å²) in [6.07, 6.45) is -3.45. The van der Waals surface area contributed by atoms with Gasteiger partial charge in [-0.1, -0.05) is 0 Å². The van der Waals surface area contributed by atoms with Crippen molar-refractivity contribution in [3.8, 4) is 0 Å². The zero-order chi connectivity index (χ0) is 17.0. The van der Waals surface area contributed by atoms with Crippen LogP contribution in [0.1, 0.15) is 20.3 Å². The van der Waals surface area contributed by atoms with E-state index in [0.717, 1.165) is 0 Å². The van der Waals surface area contributed by atoms with E-state index < -0.39 is 12.7 Å². The fourth-order valence-electron chi connectivity index (χ4n) is 2.19. The lowest BCUT2D eigenvalue weighted by molar-refractivity contribution is -0.143. The Morgan fingerprint density at radius 2 is 1.91 bits per heavy atom. The van der Waals surface area contributed by atoms with Gasteiger partial charge in [0.2, 0.25) is 0 Å². The molecule has 0 amide bonds. The zero-order valence-electron chi connectivity index (χ0n) is 14.5. The molecule has 0 aromatic rings. The van der Waals surface area contributed by atoms with Gasteiger partial charge >= 0.3 is 6.18 Å². The molecule has 0 saturated carbocycles. The fraction of sp³-hybridized carbons (Fsp3) is 0.929. The highest BCUT2D eigenvalue weighted by Gasteiger charge is 2.34. The Morgan fingerprint density at radius 1 is 1.30 bits per heavy atom.